The summed E-state index contributed by atoms with van der Waals surface area (Å²) in [6.45, 7) is 6.25. The number of anilines is 1. The van der Waals surface area contributed by atoms with E-state index < -0.39 is 0 Å². The first-order chi connectivity index (χ1) is 12.5. The first-order valence-electron chi connectivity index (χ1n) is 8.94. The summed E-state index contributed by atoms with van der Waals surface area (Å²) in [7, 11) is 3.30. The van der Waals surface area contributed by atoms with Gasteiger partial charge < -0.3 is 19.7 Å². The van der Waals surface area contributed by atoms with Crippen molar-refractivity contribution in [2.75, 3.05) is 32.6 Å². The number of aryl methyl sites for hydroxylation is 2. The van der Waals surface area contributed by atoms with Gasteiger partial charge in [-0.25, -0.2) is 0 Å². The molecule has 2 N–H and O–H groups in total. The van der Waals surface area contributed by atoms with Gasteiger partial charge in [0.15, 0.2) is 18.0 Å². The van der Waals surface area contributed by atoms with Gasteiger partial charge in [0.25, 0.3) is 5.91 Å². The Hall–Kier alpha value is -2.53. The molecule has 2 aromatic rings. The van der Waals surface area contributed by atoms with Gasteiger partial charge in [0.05, 0.1) is 20.8 Å². The molecule has 5 heteroatoms. The lowest BCUT2D eigenvalue weighted by Gasteiger charge is -2.26. The van der Waals surface area contributed by atoms with Gasteiger partial charge >= 0.3 is 0 Å². The number of hydrogen-bond donors (Lipinski definition) is 2. The molecular formula is C21H27N2O3+. The lowest BCUT2D eigenvalue weighted by molar-refractivity contribution is -0.907. The van der Waals surface area contributed by atoms with E-state index in [1.54, 1.807) is 14.2 Å². The number of carbonyl (C=O) groups is 1. The van der Waals surface area contributed by atoms with E-state index in [0.29, 0.717) is 6.54 Å². The second-order valence-electron chi connectivity index (χ2n) is 6.95. The molecule has 5 nitrogen and oxygen atoms in total. The summed E-state index contributed by atoms with van der Waals surface area (Å²) in [5, 5.41) is 3.06. The summed E-state index contributed by atoms with van der Waals surface area (Å²) in [5.74, 6) is 1.56. The Morgan fingerprint density at radius 3 is 2.46 bits per heavy atom. The molecule has 0 spiro atoms. The normalized spacial score (nSPS) is 15.9. The maximum Gasteiger partial charge on any atom is 0.279 e. The molecule has 1 amide bonds. The van der Waals surface area contributed by atoms with Crippen LogP contribution in [0.2, 0.25) is 0 Å². The van der Waals surface area contributed by atoms with Gasteiger partial charge in [0.1, 0.15) is 6.54 Å². The number of quaternary nitrogens is 1. The highest BCUT2D eigenvalue weighted by atomic mass is 16.5. The van der Waals surface area contributed by atoms with E-state index in [9.17, 15) is 4.79 Å². The number of ether oxygens (including phenoxy) is 2. The van der Waals surface area contributed by atoms with Gasteiger partial charge in [-0.1, -0.05) is 12.1 Å². The monoisotopic (exact) mass is 355 g/mol. The maximum absolute atomic E-state index is 12.5. The van der Waals surface area contributed by atoms with Crippen LogP contribution in [0.4, 0.5) is 5.69 Å². The van der Waals surface area contributed by atoms with Gasteiger partial charge in [0.2, 0.25) is 0 Å². The van der Waals surface area contributed by atoms with E-state index in [-0.39, 0.29) is 5.91 Å². The zero-order valence-electron chi connectivity index (χ0n) is 15.9. The minimum Gasteiger partial charge on any atom is -0.493 e. The first kappa shape index (κ1) is 18.3. The third kappa shape index (κ3) is 3.99. The molecule has 1 atom stereocenters. The highest BCUT2D eigenvalue weighted by molar-refractivity contribution is 5.92. The lowest BCUT2D eigenvalue weighted by Crippen LogP contribution is -3.12. The first-order valence-corrected chi connectivity index (χ1v) is 8.94. The minimum atomic E-state index is 0.0534. The topological polar surface area (TPSA) is 52.0 Å². The lowest BCUT2D eigenvalue weighted by atomic mass is 9.99. The Morgan fingerprint density at radius 1 is 1.08 bits per heavy atom. The van der Waals surface area contributed by atoms with Crippen LogP contribution >= 0.6 is 0 Å². The van der Waals surface area contributed by atoms with Crippen LogP contribution in [0.3, 0.4) is 0 Å². The second-order valence-corrected chi connectivity index (χ2v) is 6.95. The van der Waals surface area contributed by atoms with Crippen LogP contribution in [0.15, 0.2) is 30.3 Å². The molecule has 1 heterocycles. The van der Waals surface area contributed by atoms with Crippen LogP contribution in [0.1, 0.15) is 22.3 Å². The summed E-state index contributed by atoms with van der Waals surface area (Å²) in [6.07, 6.45) is 0.932. The average molecular weight is 355 g/mol. The average Bonchev–Trinajstić information content (AvgIpc) is 2.63. The van der Waals surface area contributed by atoms with Crippen molar-refractivity contribution in [2.24, 2.45) is 0 Å². The number of methoxy groups -OCH3 is 2. The van der Waals surface area contributed by atoms with Crippen molar-refractivity contribution >= 4 is 11.6 Å². The quantitative estimate of drug-likeness (QED) is 0.861. The van der Waals surface area contributed by atoms with Crippen molar-refractivity contribution in [1.82, 2.24) is 0 Å². The van der Waals surface area contributed by atoms with E-state index in [4.69, 9.17) is 9.47 Å². The number of benzene rings is 2. The van der Waals surface area contributed by atoms with Crippen LogP contribution in [-0.2, 0) is 17.8 Å². The number of rotatable bonds is 5. The molecule has 0 saturated carbocycles. The predicted molar refractivity (Wildman–Crippen MR) is 102 cm³/mol. The smallest absolute Gasteiger partial charge is 0.279 e. The number of carbonyl (C=O) groups excluding carboxylic acids is 1. The molecule has 1 aliphatic rings. The summed E-state index contributed by atoms with van der Waals surface area (Å²) < 4.78 is 10.8. The molecule has 0 aromatic heterocycles. The van der Waals surface area contributed by atoms with Gasteiger partial charge in [-0.05, 0) is 48.7 Å². The van der Waals surface area contributed by atoms with Crippen molar-refractivity contribution in [2.45, 2.75) is 26.8 Å². The molecule has 0 saturated heterocycles. The van der Waals surface area contributed by atoms with E-state index in [2.05, 4.69) is 17.4 Å². The highest BCUT2D eigenvalue weighted by Gasteiger charge is 2.24. The van der Waals surface area contributed by atoms with Crippen molar-refractivity contribution < 1.29 is 19.2 Å². The highest BCUT2D eigenvalue weighted by Crippen LogP contribution is 2.31. The van der Waals surface area contributed by atoms with Crippen molar-refractivity contribution in [1.29, 1.82) is 0 Å². The fourth-order valence-electron chi connectivity index (χ4n) is 3.47. The van der Waals surface area contributed by atoms with E-state index in [1.165, 1.54) is 16.0 Å². The van der Waals surface area contributed by atoms with Crippen LogP contribution in [-0.4, -0.2) is 33.2 Å². The second kappa shape index (κ2) is 7.79. The molecule has 1 unspecified atom stereocenters. The van der Waals surface area contributed by atoms with Crippen LogP contribution in [0.5, 0.6) is 11.5 Å². The van der Waals surface area contributed by atoms with Gasteiger partial charge in [0, 0.05) is 17.7 Å². The Bertz CT molecular complexity index is 817. The molecule has 0 bridgehead atoms. The summed E-state index contributed by atoms with van der Waals surface area (Å²) in [4.78, 5) is 13.8. The van der Waals surface area contributed by atoms with Crippen LogP contribution in [0.25, 0.3) is 0 Å². The molecule has 1 aliphatic heterocycles. The maximum atomic E-state index is 12.5. The Balaban J connectivity index is 1.67. The zero-order valence-corrected chi connectivity index (χ0v) is 15.9. The van der Waals surface area contributed by atoms with E-state index >= 15 is 0 Å². The summed E-state index contributed by atoms with van der Waals surface area (Å²) in [5.41, 5.74) is 5.63. The Labute approximate surface area is 154 Å². The van der Waals surface area contributed by atoms with Crippen LogP contribution in [0, 0.1) is 13.8 Å². The molecule has 0 radical (unpaired) electrons. The fraction of sp³-hybridized carbons (Fsp3) is 0.381. The fourth-order valence-corrected chi connectivity index (χ4v) is 3.47. The molecule has 0 aliphatic carbocycles. The molecule has 2 aromatic carbocycles. The number of amides is 1. The number of nitrogens with one attached hydrogen (secondary N) is 2. The van der Waals surface area contributed by atoms with Crippen molar-refractivity contribution in [3.8, 4) is 11.5 Å². The third-order valence-corrected chi connectivity index (χ3v) is 4.97. The van der Waals surface area contributed by atoms with Gasteiger partial charge in [-0.15, -0.1) is 0 Å². The van der Waals surface area contributed by atoms with Crippen molar-refractivity contribution in [3.63, 3.8) is 0 Å². The van der Waals surface area contributed by atoms with Crippen molar-refractivity contribution in [3.05, 3.63) is 52.6 Å². The van der Waals surface area contributed by atoms with E-state index in [1.807, 2.05) is 32.0 Å². The molecule has 26 heavy (non-hydrogen) atoms. The Kier molecular flexibility index (Phi) is 5.47. The SMILES string of the molecule is COc1cc2c(cc1OC)C[NH+](CC(=O)Nc1cc(C)ccc1C)CC2. The summed E-state index contributed by atoms with van der Waals surface area (Å²) >= 11 is 0. The Morgan fingerprint density at radius 2 is 1.77 bits per heavy atom. The summed E-state index contributed by atoms with van der Waals surface area (Å²) in [6, 6.07) is 10.2. The molecule has 0 fully saturated rings. The molecule has 138 valence electrons. The standard InChI is InChI=1S/C21H26N2O3/c1-14-5-6-15(2)18(9-14)22-21(24)13-23-8-7-16-10-19(25-3)20(26-4)11-17(16)12-23/h5-6,9-11H,7-8,12-13H2,1-4H3,(H,22,24)/p+1. The number of fused-ring (bicyclic) bond motifs is 1. The van der Waals surface area contributed by atoms with Crippen LogP contribution < -0.4 is 19.7 Å². The van der Waals surface area contributed by atoms with Gasteiger partial charge in [-0.3, -0.25) is 4.79 Å². The van der Waals surface area contributed by atoms with Gasteiger partial charge in [-0.2, -0.15) is 0 Å². The molecule has 3 rings (SSSR count). The predicted octanol–water partition coefficient (Wildman–Crippen LogP) is 1.90. The number of hydrogen-bond acceptors (Lipinski definition) is 3. The largest absolute Gasteiger partial charge is 0.493 e. The zero-order chi connectivity index (χ0) is 18.7. The van der Waals surface area contributed by atoms with E-state index in [0.717, 1.165) is 47.8 Å². The molecular weight excluding hydrogens is 328 g/mol. The minimum absolute atomic E-state index is 0.0534. The third-order valence-electron chi connectivity index (χ3n) is 4.97.